The van der Waals surface area contributed by atoms with E-state index in [2.05, 4.69) is 20.6 Å². The Labute approximate surface area is 117 Å². The van der Waals surface area contributed by atoms with Gasteiger partial charge in [0.05, 0.1) is 12.2 Å². The minimum Gasteiger partial charge on any atom is -0.462 e. The van der Waals surface area contributed by atoms with Gasteiger partial charge in [0.2, 0.25) is 0 Å². The fourth-order valence-corrected chi connectivity index (χ4v) is 1.61. The summed E-state index contributed by atoms with van der Waals surface area (Å²) >= 11 is 0. The lowest BCUT2D eigenvalue weighted by molar-refractivity contribution is 0.0526. The number of ether oxygens (including phenoxy) is 1. The van der Waals surface area contributed by atoms with Gasteiger partial charge in [0.1, 0.15) is 18.0 Å². The van der Waals surface area contributed by atoms with Gasteiger partial charge in [0.25, 0.3) is 0 Å². The van der Waals surface area contributed by atoms with E-state index in [0.717, 1.165) is 11.5 Å². The summed E-state index contributed by atoms with van der Waals surface area (Å²) in [5.41, 5.74) is 1.36. The average molecular weight is 272 g/mol. The number of hydrogen-bond donors (Lipinski definition) is 2. The molecule has 1 heterocycles. The molecule has 0 amide bonds. The predicted octanol–water partition coefficient (Wildman–Crippen LogP) is 2.44. The molecule has 20 heavy (non-hydrogen) atoms. The van der Waals surface area contributed by atoms with Crippen LogP contribution in [0, 0.1) is 0 Å². The highest BCUT2D eigenvalue weighted by Crippen LogP contribution is 2.17. The first kappa shape index (κ1) is 13.8. The van der Waals surface area contributed by atoms with Crippen molar-refractivity contribution in [1.82, 2.24) is 9.97 Å². The van der Waals surface area contributed by atoms with Gasteiger partial charge in [-0.2, -0.15) is 0 Å². The minimum absolute atomic E-state index is 0.321. The fraction of sp³-hybridized carbons (Fsp3) is 0.214. The van der Waals surface area contributed by atoms with Crippen LogP contribution in [0.1, 0.15) is 17.3 Å². The SMILES string of the molecule is CCOC(=O)c1ccc(Nc2cc(NC)ncn2)cc1. The standard InChI is InChI=1S/C14H16N4O2/c1-3-20-14(19)10-4-6-11(7-5-10)18-13-8-12(15-2)16-9-17-13/h4-9H,3H2,1-2H3,(H2,15,16,17,18). The van der Waals surface area contributed by atoms with Crippen LogP contribution in [0.2, 0.25) is 0 Å². The summed E-state index contributed by atoms with van der Waals surface area (Å²) in [6, 6.07) is 8.81. The first-order valence-corrected chi connectivity index (χ1v) is 6.27. The molecule has 1 aromatic carbocycles. The molecule has 0 radical (unpaired) electrons. The van der Waals surface area contributed by atoms with E-state index in [0.29, 0.717) is 18.0 Å². The number of anilines is 3. The molecule has 0 aliphatic heterocycles. The van der Waals surface area contributed by atoms with Crippen LogP contribution in [0.15, 0.2) is 36.7 Å². The Hall–Kier alpha value is -2.63. The third-order valence-electron chi connectivity index (χ3n) is 2.59. The van der Waals surface area contributed by atoms with Crippen LogP contribution < -0.4 is 10.6 Å². The van der Waals surface area contributed by atoms with Crippen molar-refractivity contribution < 1.29 is 9.53 Å². The molecule has 0 aliphatic carbocycles. The average Bonchev–Trinajstić information content (AvgIpc) is 2.48. The summed E-state index contributed by atoms with van der Waals surface area (Å²) in [5.74, 6) is 1.08. The summed E-state index contributed by atoms with van der Waals surface area (Å²) in [6.45, 7) is 2.15. The largest absolute Gasteiger partial charge is 0.462 e. The van der Waals surface area contributed by atoms with Gasteiger partial charge in [-0.05, 0) is 31.2 Å². The number of rotatable bonds is 5. The van der Waals surface area contributed by atoms with Gasteiger partial charge in [-0.25, -0.2) is 14.8 Å². The van der Waals surface area contributed by atoms with Gasteiger partial charge in [0, 0.05) is 18.8 Å². The Morgan fingerprint density at radius 3 is 2.55 bits per heavy atom. The zero-order chi connectivity index (χ0) is 14.4. The van der Waals surface area contributed by atoms with Crippen molar-refractivity contribution in [1.29, 1.82) is 0 Å². The fourth-order valence-electron chi connectivity index (χ4n) is 1.61. The number of carbonyl (C=O) groups excluding carboxylic acids is 1. The molecule has 6 nitrogen and oxygen atoms in total. The first-order chi connectivity index (χ1) is 9.72. The first-order valence-electron chi connectivity index (χ1n) is 6.27. The summed E-state index contributed by atoms with van der Waals surface area (Å²) in [7, 11) is 1.79. The van der Waals surface area contributed by atoms with Crippen molar-refractivity contribution in [3.63, 3.8) is 0 Å². The maximum Gasteiger partial charge on any atom is 0.338 e. The molecule has 0 saturated carbocycles. The van der Waals surface area contributed by atoms with Gasteiger partial charge in [-0.15, -0.1) is 0 Å². The van der Waals surface area contributed by atoms with Crippen LogP contribution in [0.3, 0.4) is 0 Å². The van der Waals surface area contributed by atoms with Crippen LogP contribution in [0.4, 0.5) is 17.3 Å². The van der Waals surface area contributed by atoms with E-state index in [4.69, 9.17) is 4.74 Å². The van der Waals surface area contributed by atoms with E-state index in [1.54, 1.807) is 44.3 Å². The smallest absolute Gasteiger partial charge is 0.338 e. The van der Waals surface area contributed by atoms with Crippen molar-refractivity contribution in [2.75, 3.05) is 24.3 Å². The van der Waals surface area contributed by atoms with E-state index >= 15 is 0 Å². The molecule has 1 aromatic heterocycles. The molecule has 2 aromatic rings. The van der Waals surface area contributed by atoms with Crippen LogP contribution in [-0.4, -0.2) is 29.6 Å². The molecule has 0 atom stereocenters. The van der Waals surface area contributed by atoms with E-state index in [1.165, 1.54) is 6.33 Å². The van der Waals surface area contributed by atoms with E-state index in [9.17, 15) is 4.79 Å². The highest BCUT2D eigenvalue weighted by molar-refractivity contribution is 5.89. The van der Waals surface area contributed by atoms with E-state index in [-0.39, 0.29) is 5.97 Å². The molecule has 0 unspecified atom stereocenters. The Morgan fingerprint density at radius 1 is 1.20 bits per heavy atom. The second-order valence-electron chi connectivity index (χ2n) is 3.96. The third kappa shape index (κ3) is 3.44. The monoisotopic (exact) mass is 272 g/mol. The summed E-state index contributed by atoms with van der Waals surface area (Å²) in [4.78, 5) is 19.7. The quantitative estimate of drug-likeness (QED) is 0.814. The lowest BCUT2D eigenvalue weighted by Gasteiger charge is -2.07. The number of nitrogens with one attached hydrogen (secondary N) is 2. The molecule has 0 aliphatic rings. The van der Waals surface area contributed by atoms with Crippen LogP contribution in [-0.2, 0) is 4.74 Å². The topological polar surface area (TPSA) is 76.1 Å². The van der Waals surface area contributed by atoms with Gasteiger partial charge < -0.3 is 15.4 Å². The lowest BCUT2D eigenvalue weighted by Crippen LogP contribution is -2.04. The second-order valence-corrected chi connectivity index (χ2v) is 3.96. The van der Waals surface area contributed by atoms with Crippen molar-refractivity contribution in [2.45, 2.75) is 6.92 Å². The summed E-state index contributed by atoms with van der Waals surface area (Å²) in [6.07, 6.45) is 1.47. The number of carbonyl (C=O) groups is 1. The maximum absolute atomic E-state index is 11.5. The maximum atomic E-state index is 11.5. The molecule has 2 rings (SSSR count). The third-order valence-corrected chi connectivity index (χ3v) is 2.59. The Kier molecular flexibility index (Phi) is 4.49. The molecule has 0 spiro atoms. The zero-order valence-corrected chi connectivity index (χ0v) is 11.4. The number of nitrogens with zero attached hydrogens (tertiary/aromatic N) is 2. The summed E-state index contributed by atoms with van der Waals surface area (Å²) in [5, 5.41) is 6.07. The summed E-state index contributed by atoms with van der Waals surface area (Å²) < 4.78 is 4.93. The Bertz CT molecular complexity index is 584. The normalized spacial score (nSPS) is 9.90. The molecule has 104 valence electrons. The number of aromatic nitrogens is 2. The van der Waals surface area contributed by atoms with Crippen molar-refractivity contribution in [3.8, 4) is 0 Å². The molecule has 2 N–H and O–H groups in total. The number of esters is 1. The highest BCUT2D eigenvalue weighted by Gasteiger charge is 2.05. The predicted molar refractivity (Wildman–Crippen MR) is 77.3 cm³/mol. The van der Waals surface area contributed by atoms with Crippen LogP contribution in [0.25, 0.3) is 0 Å². The second kappa shape index (κ2) is 6.51. The van der Waals surface area contributed by atoms with Gasteiger partial charge in [-0.3, -0.25) is 0 Å². The minimum atomic E-state index is -0.321. The van der Waals surface area contributed by atoms with E-state index < -0.39 is 0 Å². The van der Waals surface area contributed by atoms with Crippen LogP contribution >= 0.6 is 0 Å². The number of benzene rings is 1. The molecular formula is C14H16N4O2. The van der Waals surface area contributed by atoms with Crippen molar-refractivity contribution >= 4 is 23.3 Å². The molecule has 6 heteroatoms. The lowest BCUT2D eigenvalue weighted by atomic mass is 10.2. The highest BCUT2D eigenvalue weighted by atomic mass is 16.5. The Morgan fingerprint density at radius 2 is 1.90 bits per heavy atom. The van der Waals surface area contributed by atoms with Crippen molar-refractivity contribution in [3.05, 3.63) is 42.2 Å². The van der Waals surface area contributed by atoms with Gasteiger partial charge in [-0.1, -0.05) is 0 Å². The van der Waals surface area contributed by atoms with Crippen LogP contribution in [0.5, 0.6) is 0 Å². The Balaban J connectivity index is 2.08. The van der Waals surface area contributed by atoms with Gasteiger partial charge in [0.15, 0.2) is 0 Å². The molecule has 0 fully saturated rings. The molecule has 0 bridgehead atoms. The van der Waals surface area contributed by atoms with E-state index in [1.807, 2.05) is 0 Å². The number of hydrogen-bond acceptors (Lipinski definition) is 6. The molecule has 0 saturated heterocycles. The molecular weight excluding hydrogens is 256 g/mol. The van der Waals surface area contributed by atoms with Gasteiger partial charge >= 0.3 is 5.97 Å². The zero-order valence-electron chi connectivity index (χ0n) is 11.4. The van der Waals surface area contributed by atoms with Crippen molar-refractivity contribution in [2.24, 2.45) is 0 Å².